The van der Waals surface area contributed by atoms with Crippen LogP contribution in [0.4, 0.5) is 0 Å². The second kappa shape index (κ2) is 12.0. The van der Waals surface area contributed by atoms with Crippen LogP contribution in [0.25, 0.3) is 0 Å². The zero-order chi connectivity index (χ0) is 11.4. The van der Waals surface area contributed by atoms with Crippen LogP contribution in [0, 0.1) is 13.8 Å². The first kappa shape index (κ1) is 15.0. The summed E-state index contributed by atoms with van der Waals surface area (Å²) in [4.78, 5) is 2.50. The normalized spacial score (nSPS) is 11.2. The van der Waals surface area contributed by atoms with Crippen LogP contribution in [0.5, 0.6) is 0 Å². The van der Waals surface area contributed by atoms with E-state index in [0.29, 0.717) is 0 Å². The van der Waals surface area contributed by atoms with Gasteiger partial charge in [0, 0.05) is 0 Å². The summed E-state index contributed by atoms with van der Waals surface area (Å²) >= 11 is 0. The van der Waals surface area contributed by atoms with Crippen molar-refractivity contribution in [1.82, 2.24) is 4.90 Å². The largest absolute Gasteiger partial charge is 0.303 e. The Kier molecular flexibility index (Phi) is 12.0. The first-order valence-corrected chi connectivity index (χ1v) is 6.66. The Morgan fingerprint density at radius 1 is 0.733 bits per heavy atom. The van der Waals surface area contributed by atoms with Gasteiger partial charge in [0.1, 0.15) is 0 Å². The number of unbranched alkanes of at least 4 members (excludes halogenated alkanes) is 5. The van der Waals surface area contributed by atoms with Crippen molar-refractivity contribution in [1.29, 1.82) is 0 Å². The minimum Gasteiger partial charge on any atom is -0.303 e. The second-order valence-corrected chi connectivity index (χ2v) is 4.32. The highest BCUT2D eigenvalue weighted by atomic mass is 15.1. The monoisotopic (exact) mass is 211 g/mol. The van der Waals surface area contributed by atoms with Gasteiger partial charge in [-0.15, -0.1) is 0 Å². The van der Waals surface area contributed by atoms with E-state index in [9.17, 15) is 0 Å². The quantitative estimate of drug-likeness (QED) is 0.465. The molecule has 0 amide bonds. The van der Waals surface area contributed by atoms with Gasteiger partial charge in [-0.3, -0.25) is 0 Å². The molecular weight excluding hydrogens is 182 g/mol. The van der Waals surface area contributed by atoms with Crippen molar-refractivity contribution in [3.05, 3.63) is 13.8 Å². The molecule has 0 aromatic carbocycles. The third-order valence-electron chi connectivity index (χ3n) is 2.78. The van der Waals surface area contributed by atoms with E-state index in [2.05, 4.69) is 25.7 Å². The summed E-state index contributed by atoms with van der Waals surface area (Å²) in [5, 5.41) is 0. The third kappa shape index (κ3) is 10.2. The Morgan fingerprint density at radius 3 is 1.80 bits per heavy atom. The topological polar surface area (TPSA) is 3.24 Å². The fourth-order valence-electron chi connectivity index (χ4n) is 1.90. The van der Waals surface area contributed by atoms with Gasteiger partial charge >= 0.3 is 0 Å². The molecule has 0 saturated heterocycles. The lowest BCUT2D eigenvalue weighted by atomic mass is 10.1. The van der Waals surface area contributed by atoms with E-state index in [1.807, 2.05) is 0 Å². The fourth-order valence-corrected chi connectivity index (χ4v) is 1.90. The third-order valence-corrected chi connectivity index (χ3v) is 2.78. The van der Waals surface area contributed by atoms with Crippen LogP contribution in [0.3, 0.4) is 0 Å². The molecule has 0 aliphatic rings. The molecular formula is C14H29N. The van der Waals surface area contributed by atoms with Crippen LogP contribution >= 0.6 is 0 Å². The molecule has 0 aliphatic heterocycles. The molecule has 0 spiro atoms. The second-order valence-electron chi connectivity index (χ2n) is 4.32. The molecule has 0 rings (SSSR count). The van der Waals surface area contributed by atoms with Crippen molar-refractivity contribution in [2.75, 3.05) is 19.6 Å². The zero-order valence-corrected chi connectivity index (χ0v) is 10.6. The summed E-state index contributed by atoms with van der Waals surface area (Å²) < 4.78 is 0. The zero-order valence-electron chi connectivity index (χ0n) is 10.6. The highest BCUT2D eigenvalue weighted by Gasteiger charge is 2.01. The van der Waals surface area contributed by atoms with E-state index >= 15 is 0 Å². The average Bonchev–Trinajstić information content (AvgIpc) is 2.24. The molecule has 1 nitrogen and oxygen atoms in total. The molecule has 1 heteroatoms. The lowest BCUT2D eigenvalue weighted by Gasteiger charge is -2.20. The molecule has 0 aromatic heterocycles. The van der Waals surface area contributed by atoms with Crippen LogP contribution in [0.15, 0.2) is 0 Å². The molecule has 0 atom stereocenters. The Morgan fingerprint density at radius 2 is 1.27 bits per heavy atom. The van der Waals surface area contributed by atoms with E-state index in [1.54, 1.807) is 0 Å². The van der Waals surface area contributed by atoms with Crippen LogP contribution in [0.1, 0.15) is 58.3 Å². The number of nitrogens with zero attached hydrogens (tertiary/aromatic N) is 1. The summed E-state index contributed by atoms with van der Waals surface area (Å²) in [6.45, 7) is 13.6. The summed E-state index contributed by atoms with van der Waals surface area (Å²) in [7, 11) is 0. The van der Waals surface area contributed by atoms with Crippen LogP contribution < -0.4 is 0 Å². The number of hydrogen-bond donors (Lipinski definition) is 0. The Bertz CT molecular complexity index is 106. The van der Waals surface area contributed by atoms with Crippen molar-refractivity contribution < 1.29 is 0 Å². The Labute approximate surface area is 97.2 Å². The maximum absolute atomic E-state index is 3.91. The maximum atomic E-state index is 3.91. The van der Waals surface area contributed by atoms with Gasteiger partial charge in [0.2, 0.25) is 0 Å². The molecule has 2 radical (unpaired) electrons. The van der Waals surface area contributed by atoms with Crippen LogP contribution in [-0.4, -0.2) is 24.5 Å². The van der Waals surface area contributed by atoms with Gasteiger partial charge in [0.25, 0.3) is 0 Å². The fraction of sp³-hybridized carbons (Fsp3) is 0.857. The molecule has 0 saturated carbocycles. The lowest BCUT2D eigenvalue weighted by molar-refractivity contribution is 0.276. The minimum atomic E-state index is 1.02. The molecule has 15 heavy (non-hydrogen) atoms. The van der Waals surface area contributed by atoms with Gasteiger partial charge in [0.05, 0.1) is 0 Å². The molecule has 0 aromatic rings. The standard InChI is InChI=1S/C14H29N/c1-4-7-8-9-10-11-14-15(12-5-2)13-6-3/h2-14H2,1H3. The Hall–Kier alpha value is -0.0400. The van der Waals surface area contributed by atoms with Gasteiger partial charge in [-0.25, -0.2) is 0 Å². The molecule has 0 aliphatic carbocycles. The van der Waals surface area contributed by atoms with Gasteiger partial charge < -0.3 is 4.90 Å². The SMILES string of the molecule is [CH2]CCN(CC[CH2])CCCCCCCC. The predicted octanol–water partition coefficient (Wildman–Crippen LogP) is 4.10. The van der Waals surface area contributed by atoms with E-state index in [0.717, 1.165) is 25.9 Å². The highest BCUT2D eigenvalue weighted by Crippen LogP contribution is 2.06. The van der Waals surface area contributed by atoms with Crippen molar-refractivity contribution in [2.24, 2.45) is 0 Å². The highest BCUT2D eigenvalue weighted by molar-refractivity contribution is 4.60. The van der Waals surface area contributed by atoms with Crippen molar-refractivity contribution in [2.45, 2.75) is 58.3 Å². The maximum Gasteiger partial charge on any atom is -0.00187 e. The number of rotatable bonds is 11. The van der Waals surface area contributed by atoms with Gasteiger partial charge in [-0.1, -0.05) is 52.9 Å². The smallest absolute Gasteiger partial charge is 0.00187 e. The van der Waals surface area contributed by atoms with E-state index in [1.165, 1.54) is 45.1 Å². The summed E-state index contributed by atoms with van der Waals surface area (Å²) in [6, 6.07) is 0. The first-order valence-electron chi connectivity index (χ1n) is 6.66. The molecule has 0 bridgehead atoms. The molecule has 0 fully saturated rings. The van der Waals surface area contributed by atoms with Crippen molar-refractivity contribution >= 4 is 0 Å². The van der Waals surface area contributed by atoms with Gasteiger partial charge in [-0.05, 0) is 38.9 Å². The van der Waals surface area contributed by atoms with Crippen LogP contribution in [0.2, 0.25) is 0 Å². The molecule has 90 valence electrons. The predicted molar refractivity (Wildman–Crippen MR) is 69.8 cm³/mol. The van der Waals surface area contributed by atoms with E-state index in [-0.39, 0.29) is 0 Å². The van der Waals surface area contributed by atoms with E-state index in [4.69, 9.17) is 0 Å². The van der Waals surface area contributed by atoms with Gasteiger partial charge in [0.15, 0.2) is 0 Å². The van der Waals surface area contributed by atoms with Crippen molar-refractivity contribution in [3.63, 3.8) is 0 Å². The Balaban J connectivity index is 3.28. The van der Waals surface area contributed by atoms with Crippen molar-refractivity contribution in [3.8, 4) is 0 Å². The van der Waals surface area contributed by atoms with E-state index < -0.39 is 0 Å². The summed E-state index contributed by atoms with van der Waals surface area (Å²) in [5.41, 5.74) is 0. The first-order chi connectivity index (χ1) is 7.35. The average molecular weight is 211 g/mol. The summed E-state index contributed by atoms with van der Waals surface area (Å²) in [6.07, 6.45) is 10.4. The molecule has 0 heterocycles. The lowest BCUT2D eigenvalue weighted by Crippen LogP contribution is -2.26. The number of hydrogen-bond acceptors (Lipinski definition) is 1. The molecule has 0 unspecified atom stereocenters. The van der Waals surface area contributed by atoms with Crippen LogP contribution in [-0.2, 0) is 0 Å². The van der Waals surface area contributed by atoms with Gasteiger partial charge in [-0.2, -0.15) is 0 Å². The molecule has 0 N–H and O–H groups in total. The minimum absolute atomic E-state index is 1.02. The summed E-state index contributed by atoms with van der Waals surface area (Å²) in [5.74, 6) is 0.